The van der Waals surface area contributed by atoms with Crippen LogP contribution in [0.2, 0.25) is 0 Å². The average molecular weight is 188 g/mol. The van der Waals surface area contributed by atoms with Crippen LogP contribution < -0.4 is 0 Å². The molecular weight excluding hydrogens is 164 g/mol. The monoisotopic (exact) mass is 188 g/mol. The lowest BCUT2D eigenvalue weighted by molar-refractivity contribution is 0.0670. The molecule has 0 spiro atoms. The second kappa shape index (κ2) is 6.35. The highest BCUT2D eigenvalue weighted by Crippen LogP contribution is 2.04. The Bertz CT molecular complexity index is 128. The molecule has 0 heterocycles. The molecular formula is C10H24N2O. The van der Waals surface area contributed by atoms with Gasteiger partial charge in [0.2, 0.25) is 0 Å². The highest BCUT2D eigenvalue weighted by molar-refractivity contribution is 4.71. The van der Waals surface area contributed by atoms with E-state index in [1.54, 1.807) is 0 Å². The number of likely N-dealkylation sites (N-methyl/N-ethyl adjacent to an activating group) is 2. The second-order valence-corrected chi connectivity index (χ2v) is 4.00. The molecule has 0 aliphatic heterocycles. The van der Waals surface area contributed by atoms with E-state index in [2.05, 4.69) is 37.9 Å². The van der Waals surface area contributed by atoms with Gasteiger partial charge in [0, 0.05) is 19.1 Å². The van der Waals surface area contributed by atoms with Crippen molar-refractivity contribution in [2.45, 2.75) is 32.4 Å². The first-order valence-corrected chi connectivity index (χ1v) is 5.02. The molecule has 0 fully saturated rings. The Labute approximate surface area is 82.3 Å². The zero-order valence-corrected chi connectivity index (χ0v) is 9.62. The van der Waals surface area contributed by atoms with E-state index >= 15 is 0 Å². The number of hydrogen-bond acceptors (Lipinski definition) is 3. The first kappa shape index (κ1) is 12.9. The van der Waals surface area contributed by atoms with E-state index in [1.807, 2.05) is 6.92 Å². The molecule has 13 heavy (non-hydrogen) atoms. The van der Waals surface area contributed by atoms with Gasteiger partial charge in [-0.15, -0.1) is 0 Å². The molecule has 80 valence electrons. The number of hydrogen-bond donors (Lipinski definition) is 1. The van der Waals surface area contributed by atoms with E-state index in [1.165, 1.54) is 0 Å². The largest absolute Gasteiger partial charge is 0.392 e. The zero-order chi connectivity index (χ0) is 10.4. The number of nitrogens with zero attached hydrogens (tertiary/aromatic N) is 2. The number of aliphatic hydroxyl groups is 1. The smallest absolute Gasteiger partial charge is 0.0690 e. The fourth-order valence-electron chi connectivity index (χ4n) is 1.20. The maximum absolute atomic E-state index is 9.61. The van der Waals surface area contributed by atoms with Gasteiger partial charge in [-0.25, -0.2) is 0 Å². The van der Waals surface area contributed by atoms with E-state index in [4.69, 9.17) is 0 Å². The molecule has 1 N–H and O–H groups in total. The van der Waals surface area contributed by atoms with E-state index < -0.39 is 0 Å². The van der Waals surface area contributed by atoms with Gasteiger partial charge in [-0.05, 0) is 34.5 Å². The lowest BCUT2D eigenvalue weighted by atomic mass is 10.1. The summed E-state index contributed by atoms with van der Waals surface area (Å²) in [7, 11) is 6.19. The molecule has 0 amide bonds. The normalized spacial score (nSPS) is 16.6. The summed E-state index contributed by atoms with van der Waals surface area (Å²) in [6, 6.07) is 0.255. The van der Waals surface area contributed by atoms with Gasteiger partial charge in [0.15, 0.2) is 0 Å². The molecule has 0 aliphatic carbocycles. The van der Waals surface area contributed by atoms with Crippen LogP contribution in [0.5, 0.6) is 0 Å². The van der Waals surface area contributed by atoms with E-state index in [9.17, 15) is 5.11 Å². The first-order valence-electron chi connectivity index (χ1n) is 5.02. The molecule has 0 bridgehead atoms. The Morgan fingerprint density at radius 1 is 1.15 bits per heavy atom. The van der Waals surface area contributed by atoms with Crippen LogP contribution in [0.3, 0.4) is 0 Å². The standard InChI is InChI=1S/C10H24N2O/c1-6-10(13)9(2)12(5)8-7-11(3)4/h9-10,13H,6-8H2,1-5H3. The van der Waals surface area contributed by atoms with Crippen molar-refractivity contribution in [3.05, 3.63) is 0 Å². The molecule has 0 saturated carbocycles. The van der Waals surface area contributed by atoms with Gasteiger partial charge in [0.1, 0.15) is 0 Å². The summed E-state index contributed by atoms with van der Waals surface area (Å²) < 4.78 is 0. The van der Waals surface area contributed by atoms with Crippen molar-refractivity contribution in [2.75, 3.05) is 34.2 Å². The summed E-state index contributed by atoms with van der Waals surface area (Å²) >= 11 is 0. The summed E-state index contributed by atoms with van der Waals surface area (Å²) in [6.45, 7) is 6.13. The summed E-state index contributed by atoms with van der Waals surface area (Å²) in [5.41, 5.74) is 0. The summed E-state index contributed by atoms with van der Waals surface area (Å²) in [4.78, 5) is 4.36. The number of aliphatic hydroxyl groups excluding tert-OH is 1. The van der Waals surface area contributed by atoms with Gasteiger partial charge in [-0.2, -0.15) is 0 Å². The highest BCUT2D eigenvalue weighted by Gasteiger charge is 2.16. The zero-order valence-electron chi connectivity index (χ0n) is 9.62. The molecule has 2 atom stereocenters. The van der Waals surface area contributed by atoms with Crippen molar-refractivity contribution in [3.8, 4) is 0 Å². The van der Waals surface area contributed by atoms with Gasteiger partial charge >= 0.3 is 0 Å². The Kier molecular flexibility index (Phi) is 6.29. The molecule has 3 nitrogen and oxygen atoms in total. The van der Waals surface area contributed by atoms with Gasteiger partial charge in [0.05, 0.1) is 6.10 Å². The first-order chi connectivity index (χ1) is 5.99. The Morgan fingerprint density at radius 3 is 2.08 bits per heavy atom. The highest BCUT2D eigenvalue weighted by atomic mass is 16.3. The fourth-order valence-corrected chi connectivity index (χ4v) is 1.20. The van der Waals surface area contributed by atoms with Gasteiger partial charge < -0.3 is 10.0 Å². The third-order valence-electron chi connectivity index (χ3n) is 2.57. The lowest BCUT2D eigenvalue weighted by Crippen LogP contribution is -2.41. The summed E-state index contributed by atoms with van der Waals surface area (Å²) in [5.74, 6) is 0. The lowest BCUT2D eigenvalue weighted by Gasteiger charge is -2.29. The van der Waals surface area contributed by atoms with Crippen LogP contribution in [0.4, 0.5) is 0 Å². The maximum Gasteiger partial charge on any atom is 0.0690 e. The molecule has 0 aromatic heterocycles. The summed E-state index contributed by atoms with van der Waals surface area (Å²) in [5, 5.41) is 9.61. The summed E-state index contributed by atoms with van der Waals surface area (Å²) in [6.07, 6.45) is 0.625. The van der Waals surface area contributed by atoms with Gasteiger partial charge in [-0.1, -0.05) is 6.92 Å². The van der Waals surface area contributed by atoms with E-state index in [0.29, 0.717) is 0 Å². The van der Waals surface area contributed by atoms with Crippen LogP contribution in [-0.4, -0.2) is 61.3 Å². The number of rotatable bonds is 6. The minimum atomic E-state index is -0.202. The molecule has 0 aromatic carbocycles. The second-order valence-electron chi connectivity index (χ2n) is 4.00. The van der Waals surface area contributed by atoms with Crippen LogP contribution in [0.1, 0.15) is 20.3 Å². The predicted octanol–water partition coefficient (Wildman–Crippen LogP) is 0.639. The molecule has 0 saturated heterocycles. The van der Waals surface area contributed by atoms with Gasteiger partial charge in [-0.3, -0.25) is 4.90 Å². The Morgan fingerprint density at radius 2 is 1.69 bits per heavy atom. The fraction of sp³-hybridized carbons (Fsp3) is 1.00. The molecule has 0 rings (SSSR count). The topological polar surface area (TPSA) is 26.7 Å². The van der Waals surface area contributed by atoms with Crippen molar-refractivity contribution >= 4 is 0 Å². The van der Waals surface area contributed by atoms with Crippen LogP contribution in [-0.2, 0) is 0 Å². The van der Waals surface area contributed by atoms with E-state index in [-0.39, 0.29) is 12.1 Å². The molecule has 2 unspecified atom stereocenters. The quantitative estimate of drug-likeness (QED) is 0.662. The van der Waals surface area contributed by atoms with Crippen molar-refractivity contribution in [1.82, 2.24) is 9.80 Å². The Hall–Kier alpha value is -0.120. The van der Waals surface area contributed by atoms with Crippen LogP contribution >= 0.6 is 0 Å². The molecule has 3 heteroatoms. The minimum Gasteiger partial charge on any atom is -0.392 e. The predicted molar refractivity (Wildman–Crippen MR) is 56.9 cm³/mol. The van der Waals surface area contributed by atoms with Gasteiger partial charge in [0.25, 0.3) is 0 Å². The maximum atomic E-state index is 9.61. The molecule has 0 aliphatic rings. The minimum absolute atomic E-state index is 0.202. The SMILES string of the molecule is CCC(O)C(C)N(C)CCN(C)C. The third kappa shape index (κ3) is 5.24. The third-order valence-corrected chi connectivity index (χ3v) is 2.57. The van der Waals surface area contributed by atoms with Crippen molar-refractivity contribution in [3.63, 3.8) is 0 Å². The van der Waals surface area contributed by atoms with Crippen LogP contribution in [0.15, 0.2) is 0 Å². The van der Waals surface area contributed by atoms with Crippen molar-refractivity contribution in [1.29, 1.82) is 0 Å². The average Bonchev–Trinajstić information content (AvgIpc) is 2.11. The van der Waals surface area contributed by atoms with Crippen molar-refractivity contribution in [2.24, 2.45) is 0 Å². The Balaban J connectivity index is 3.74. The van der Waals surface area contributed by atoms with Crippen molar-refractivity contribution < 1.29 is 5.11 Å². The van der Waals surface area contributed by atoms with E-state index in [0.717, 1.165) is 19.5 Å². The molecule has 0 aromatic rings. The van der Waals surface area contributed by atoms with Crippen LogP contribution in [0.25, 0.3) is 0 Å². The van der Waals surface area contributed by atoms with Crippen LogP contribution in [0, 0.1) is 0 Å². The molecule has 0 radical (unpaired) electrons.